The van der Waals surface area contributed by atoms with Gasteiger partial charge < -0.3 is 34.4 Å². The summed E-state index contributed by atoms with van der Waals surface area (Å²) in [4.78, 5) is 0. The fraction of sp³-hybridized carbons (Fsp3) is 0.429. The van der Waals surface area contributed by atoms with E-state index in [0.29, 0.717) is 22.4 Å². The van der Waals surface area contributed by atoms with E-state index < -0.39 is 0 Å². The van der Waals surface area contributed by atoms with Gasteiger partial charge in [-0.1, -0.05) is 99.2 Å². The molecule has 0 unspecified atom stereocenters. The van der Waals surface area contributed by atoms with Crippen LogP contribution in [0.1, 0.15) is 76.3 Å². The number of aromatic nitrogens is 6. The van der Waals surface area contributed by atoms with E-state index in [-0.39, 0.29) is 19.5 Å². The molecular weight excluding hydrogens is 550 g/mol. The Morgan fingerprint density at radius 3 is 1.22 bits per heavy atom. The molecule has 37 heavy (non-hydrogen) atoms. The quantitative estimate of drug-likeness (QED) is 0.197. The minimum Gasteiger partial charge on any atom is -0.740 e. The zero-order chi connectivity index (χ0) is 24.7. The smallest absolute Gasteiger partial charge is 0.740 e. The molecule has 0 radical (unpaired) electrons. The van der Waals surface area contributed by atoms with Crippen LogP contribution in [-0.2, 0) is 44.7 Å². The molecular formula is C28H32N6S2Zn. The Balaban J connectivity index is 0.000000168. The van der Waals surface area contributed by atoms with Crippen LogP contribution >= 0.6 is 0 Å². The van der Waals surface area contributed by atoms with Crippen LogP contribution in [0.15, 0.2) is 71.0 Å². The Labute approximate surface area is 243 Å². The van der Waals surface area contributed by atoms with Crippen molar-refractivity contribution < 1.29 is 19.5 Å². The standard InChI is InChI=1S/2C14H17N3S.Zn/c2*18-14-16-15-13(11-7-3-1-4-8-11)17(14)12-9-5-2-6-10-12;/h2*1,3-4,7-8,12H,2,5-6,9-10H2,(H,16,18);/q;;+2/p-2. The molecule has 2 aliphatic carbocycles. The first-order valence-electron chi connectivity index (χ1n) is 13.1. The zero-order valence-corrected chi connectivity index (χ0v) is 25.8. The molecule has 0 spiro atoms. The average molecular weight is 582 g/mol. The second-order valence-electron chi connectivity index (χ2n) is 9.67. The van der Waals surface area contributed by atoms with E-state index in [0.717, 1.165) is 22.8 Å². The monoisotopic (exact) mass is 580 g/mol. The van der Waals surface area contributed by atoms with E-state index in [1.54, 1.807) is 0 Å². The summed E-state index contributed by atoms with van der Waals surface area (Å²) in [5, 5.41) is 18.0. The third-order valence-corrected chi connectivity index (χ3v) is 7.83. The van der Waals surface area contributed by atoms with Gasteiger partial charge in [0, 0.05) is 33.5 Å². The number of nitrogens with zero attached hydrogens (tertiary/aromatic N) is 6. The normalized spacial score (nSPS) is 16.4. The topological polar surface area (TPSA) is 61.4 Å². The van der Waals surface area contributed by atoms with Gasteiger partial charge in [-0.25, -0.2) is 0 Å². The van der Waals surface area contributed by atoms with Crippen molar-refractivity contribution in [1.29, 1.82) is 0 Å². The fourth-order valence-corrected chi connectivity index (χ4v) is 6.01. The van der Waals surface area contributed by atoms with Gasteiger partial charge in [0.2, 0.25) is 0 Å². The summed E-state index contributed by atoms with van der Waals surface area (Å²) in [5.74, 6) is 1.85. The number of hydrogen-bond donors (Lipinski definition) is 0. The fourth-order valence-electron chi connectivity index (χ4n) is 5.46. The summed E-state index contributed by atoms with van der Waals surface area (Å²) < 4.78 is 4.31. The van der Waals surface area contributed by atoms with Crippen molar-refractivity contribution in [3.63, 3.8) is 0 Å². The van der Waals surface area contributed by atoms with Crippen LogP contribution in [0.3, 0.4) is 0 Å². The molecule has 0 atom stereocenters. The molecule has 2 saturated carbocycles. The van der Waals surface area contributed by atoms with Crippen LogP contribution in [-0.4, -0.2) is 29.5 Å². The Morgan fingerprint density at radius 2 is 0.865 bits per heavy atom. The van der Waals surface area contributed by atoms with Gasteiger partial charge in [-0.05, 0) is 25.7 Å². The van der Waals surface area contributed by atoms with Crippen molar-refractivity contribution in [2.45, 2.75) is 86.6 Å². The molecule has 2 aliphatic rings. The zero-order valence-electron chi connectivity index (χ0n) is 21.2. The first-order chi connectivity index (χ1) is 17.7. The molecule has 6 rings (SSSR count). The molecule has 188 valence electrons. The van der Waals surface area contributed by atoms with Gasteiger partial charge in [0.1, 0.15) is 0 Å². The maximum Gasteiger partial charge on any atom is 2.00 e. The minimum absolute atomic E-state index is 0. The van der Waals surface area contributed by atoms with Crippen molar-refractivity contribution in [2.24, 2.45) is 0 Å². The molecule has 6 nitrogen and oxygen atoms in total. The van der Waals surface area contributed by atoms with E-state index in [9.17, 15) is 0 Å². The molecule has 0 saturated heterocycles. The van der Waals surface area contributed by atoms with Crippen LogP contribution in [0, 0.1) is 0 Å². The maximum atomic E-state index is 5.34. The van der Waals surface area contributed by atoms with Gasteiger partial charge in [-0.15, -0.1) is 10.2 Å². The second kappa shape index (κ2) is 13.5. The predicted octanol–water partition coefficient (Wildman–Crippen LogP) is 6.71. The summed E-state index contributed by atoms with van der Waals surface area (Å²) in [6, 6.07) is 21.4. The number of hydrogen-bond acceptors (Lipinski definition) is 6. The molecule has 9 heteroatoms. The molecule has 2 fully saturated rings. The van der Waals surface area contributed by atoms with E-state index in [2.05, 4.69) is 53.8 Å². The maximum absolute atomic E-state index is 5.34. The summed E-state index contributed by atoms with van der Waals surface area (Å²) in [7, 11) is 0. The Morgan fingerprint density at radius 1 is 0.514 bits per heavy atom. The van der Waals surface area contributed by atoms with Gasteiger partial charge in [-0.3, -0.25) is 0 Å². The SMILES string of the molecule is [S-]c1nnc(-c2ccccc2)n1C1CCCCC1.[S-]c1nnc(-c2ccccc2)n1C1CCCCC1.[Zn+2]. The van der Waals surface area contributed by atoms with Crippen molar-refractivity contribution in [3.05, 3.63) is 60.7 Å². The van der Waals surface area contributed by atoms with Crippen LogP contribution < -0.4 is 0 Å². The van der Waals surface area contributed by atoms with Gasteiger partial charge >= 0.3 is 19.5 Å². The third-order valence-electron chi connectivity index (χ3n) is 7.27. The predicted molar refractivity (Wildman–Crippen MR) is 146 cm³/mol. The molecule has 0 aliphatic heterocycles. The van der Waals surface area contributed by atoms with Crippen LogP contribution in [0.4, 0.5) is 0 Å². The van der Waals surface area contributed by atoms with Crippen molar-refractivity contribution >= 4 is 25.3 Å². The van der Waals surface area contributed by atoms with Gasteiger partial charge in [0.05, 0.1) is 0 Å². The average Bonchev–Trinajstić information content (AvgIpc) is 3.53. The van der Waals surface area contributed by atoms with Crippen molar-refractivity contribution in [2.75, 3.05) is 0 Å². The molecule has 2 aromatic heterocycles. The van der Waals surface area contributed by atoms with Gasteiger partial charge in [0.25, 0.3) is 0 Å². The summed E-state index contributed by atoms with van der Waals surface area (Å²) in [6.45, 7) is 0. The largest absolute Gasteiger partial charge is 2.00 e. The first kappa shape index (κ1) is 27.8. The summed E-state index contributed by atoms with van der Waals surface area (Å²) >= 11 is 10.7. The first-order valence-corrected chi connectivity index (χ1v) is 13.9. The molecule has 0 bridgehead atoms. The Bertz CT molecular complexity index is 1130. The Hall–Kier alpha value is -2.22. The van der Waals surface area contributed by atoms with Crippen molar-refractivity contribution in [1.82, 2.24) is 29.5 Å². The Kier molecular flexibility index (Phi) is 10.2. The van der Waals surface area contributed by atoms with E-state index in [4.69, 9.17) is 25.3 Å². The summed E-state index contributed by atoms with van der Waals surface area (Å²) in [5.41, 5.74) is 2.21. The molecule has 2 heterocycles. The molecule has 0 amide bonds. The van der Waals surface area contributed by atoms with Crippen LogP contribution in [0.2, 0.25) is 0 Å². The molecule has 0 N–H and O–H groups in total. The second-order valence-corrected chi connectivity index (χ2v) is 10.4. The summed E-state index contributed by atoms with van der Waals surface area (Å²) in [6.07, 6.45) is 12.6. The van der Waals surface area contributed by atoms with Crippen LogP contribution in [0.25, 0.3) is 22.8 Å². The molecule has 2 aromatic carbocycles. The van der Waals surface area contributed by atoms with E-state index in [1.807, 2.05) is 36.4 Å². The van der Waals surface area contributed by atoms with E-state index in [1.165, 1.54) is 64.2 Å². The van der Waals surface area contributed by atoms with E-state index >= 15 is 0 Å². The number of benzene rings is 2. The molecule has 4 aromatic rings. The van der Waals surface area contributed by atoms with Crippen LogP contribution in [0.5, 0.6) is 0 Å². The minimum atomic E-state index is 0. The third kappa shape index (κ3) is 6.62. The van der Waals surface area contributed by atoms with Crippen molar-refractivity contribution in [3.8, 4) is 22.8 Å². The number of rotatable bonds is 4. The van der Waals surface area contributed by atoms with Gasteiger partial charge in [0.15, 0.2) is 11.6 Å². The van der Waals surface area contributed by atoms with Gasteiger partial charge in [-0.2, -0.15) is 10.2 Å².